The number of carbonyl (C=O) groups excluding carboxylic acids is 2. The third kappa shape index (κ3) is 5.12. The Kier molecular flexibility index (Phi) is 6.52. The molecule has 0 spiro atoms. The van der Waals surface area contributed by atoms with Crippen LogP contribution < -0.4 is 20.1 Å². The highest BCUT2D eigenvalue weighted by Gasteiger charge is 2.17. The summed E-state index contributed by atoms with van der Waals surface area (Å²) in [7, 11) is 0. The molecule has 0 saturated heterocycles. The summed E-state index contributed by atoms with van der Waals surface area (Å²) in [6.45, 7) is 0.582. The van der Waals surface area contributed by atoms with Gasteiger partial charge in [0, 0.05) is 13.0 Å². The van der Waals surface area contributed by atoms with Crippen molar-refractivity contribution in [3.63, 3.8) is 0 Å². The Bertz CT molecular complexity index is 906. The first-order valence-corrected chi connectivity index (χ1v) is 10.7. The minimum absolute atomic E-state index is 0.0309. The summed E-state index contributed by atoms with van der Waals surface area (Å²) in [5, 5.41) is 5.84. The molecule has 0 radical (unpaired) electrons. The number of fused-ring (bicyclic) bond motifs is 1. The number of carbonyl (C=O) groups is 2. The Morgan fingerprint density at radius 3 is 2.63 bits per heavy atom. The van der Waals surface area contributed by atoms with Crippen molar-refractivity contribution in [1.29, 1.82) is 0 Å². The van der Waals surface area contributed by atoms with Crippen molar-refractivity contribution in [1.82, 2.24) is 5.32 Å². The predicted octanol–water partition coefficient (Wildman–Crippen LogP) is 4.64. The molecule has 2 aliphatic rings. The topological polar surface area (TPSA) is 76.7 Å². The highest BCUT2D eigenvalue weighted by Crippen LogP contribution is 2.32. The van der Waals surface area contributed by atoms with Crippen LogP contribution in [0, 0.1) is 5.92 Å². The van der Waals surface area contributed by atoms with E-state index < -0.39 is 0 Å². The largest absolute Gasteiger partial charge is 0.454 e. The molecule has 1 fully saturated rings. The lowest BCUT2D eigenvalue weighted by Gasteiger charge is -2.21. The highest BCUT2D eigenvalue weighted by molar-refractivity contribution is 6.03. The average molecular weight is 408 g/mol. The van der Waals surface area contributed by atoms with Crippen LogP contribution in [0.2, 0.25) is 0 Å². The molecule has 2 amide bonds. The lowest BCUT2D eigenvalue weighted by Crippen LogP contribution is -2.25. The van der Waals surface area contributed by atoms with Gasteiger partial charge in [0.15, 0.2) is 11.5 Å². The standard InChI is InChI=1S/C24H28N2O4/c27-23(13-11-17-6-2-1-3-7-17)26-20-9-5-4-8-19(20)24(28)25-15-18-10-12-21-22(14-18)30-16-29-21/h4-5,8-10,12,14,17H,1-3,6-7,11,13,15-16H2,(H,25,28)(H,26,27). The van der Waals surface area contributed by atoms with Crippen molar-refractivity contribution in [2.24, 2.45) is 5.92 Å². The smallest absolute Gasteiger partial charge is 0.253 e. The van der Waals surface area contributed by atoms with Crippen molar-refractivity contribution >= 4 is 17.5 Å². The van der Waals surface area contributed by atoms with Crippen LogP contribution in [-0.4, -0.2) is 18.6 Å². The van der Waals surface area contributed by atoms with Crippen LogP contribution in [-0.2, 0) is 11.3 Å². The molecule has 30 heavy (non-hydrogen) atoms. The third-order valence-electron chi connectivity index (χ3n) is 5.84. The summed E-state index contributed by atoms with van der Waals surface area (Å²) in [6, 6.07) is 12.7. The zero-order valence-electron chi connectivity index (χ0n) is 17.1. The average Bonchev–Trinajstić information content (AvgIpc) is 3.25. The Morgan fingerprint density at radius 2 is 1.77 bits per heavy atom. The number of benzene rings is 2. The fourth-order valence-corrected chi connectivity index (χ4v) is 4.14. The number of nitrogens with one attached hydrogen (secondary N) is 2. The number of ether oxygens (including phenoxy) is 2. The quantitative estimate of drug-likeness (QED) is 0.699. The molecule has 1 aliphatic heterocycles. The second-order valence-corrected chi connectivity index (χ2v) is 8.01. The van der Waals surface area contributed by atoms with Crippen molar-refractivity contribution < 1.29 is 19.1 Å². The monoisotopic (exact) mass is 408 g/mol. The van der Waals surface area contributed by atoms with Crippen LogP contribution in [0.3, 0.4) is 0 Å². The van der Waals surface area contributed by atoms with Crippen LogP contribution in [0.25, 0.3) is 0 Å². The van der Waals surface area contributed by atoms with Gasteiger partial charge in [-0.1, -0.05) is 50.3 Å². The number of para-hydroxylation sites is 1. The summed E-state index contributed by atoms with van der Waals surface area (Å²) >= 11 is 0. The lowest BCUT2D eigenvalue weighted by molar-refractivity contribution is -0.116. The number of anilines is 1. The lowest BCUT2D eigenvalue weighted by atomic mass is 9.86. The van der Waals surface area contributed by atoms with E-state index in [9.17, 15) is 9.59 Å². The maximum absolute atomic E-state index is 12.7. The molecule has 0 bridgehead atoms. The summed E-state index contributed by atoms with van der Waals surface area (Å²) in [5.74, 6) is 1.80. The minimum Gasteiger partial charge on any atom is -0.454 e. The summed E-state index contributed by atoms with van der Waals surface area (Å²) in [6.07, 6.45) is 7.75. The summed E-state index contributed by atoms with van der Waals surface area (Å²) in [4.78, 5) is 25.2. The Morgan fingerprint density at radius 1 is 0.967 bits per heavy atom. The maximum atomic E-state index is 12.7. The van der Waals surface area contributed by atoms with Gasteiger partial charge >= 0.3 is 0 Å². The van der Waals surface area contributed by atoms with Crippen molar-refractivity contribution in [3.8, 4) is 11.5 Å². The fraction of sp³-hybridized carbons (Fsp3) is 0.417. The van der Waals surface area contributed by atoms with Crippen molar-refractivity contribution in [3.05, 3.63) is 53.6 Å². The molecule has 1 saturated carbocycles. The maximum Gasteiger partial charge on any atom is 0.253 e. The summed E-state index contributed by atoms with van der Waals surface area (Å²) < 4.78 is 10.7. The van der Waals surface area contributed by atoms with Gasteiger partial charge in [0.05, 0.1) is 11.3 Å². The molecule has 2 aromatic rings. The second kappa shape index (κ2) is 9.65. The molecule has 0 atom stereocenters. The number of hydrogen-bond acceptors (Lipinski definition) is 4. The van der Waals surface area contributed by atoms with Crippen LogP contribution in [0.5, 0.6) is 11.5 Å². The Hall–Kier alpha value is -3.02. The van der Waals surface area contributed by atoms with E-state index in [2.05, 4.69) is 10.6 Å². The molecule has 2 N–H and O–H groups in total. The van der Waals surface area contributed by atoms with Crippen molar-refractivity contribution in [2.75, 3.05) is 12.1 Å². The Balaban J connectivity index is 1.32. The Labute approximate surface area is 177 Å². The number of hydrogen-bond donors (Lipinski definition) is 2. The zero-order valence-corrected chi connectivity index (χ0v) is 17.1. The normalized spacial score (nSPS) is 15.6. The van der Waals surface area contributed by atoms with Crippen LogP contribution in [0.15, 0.2) is 42.5 Å². The molecule has 0 aromatic heterocycles. The molecule has 2 aromatic carbocycles. The van der Waals surface area contributed by atoms with Gasteiger partial charge in [-0.15, -0.1) is 0 Å². The van der Waals surface area contributed by atoms with E-state index in [0.717, 1.165) is 12.0 Å². The van der Waals surface area contributed by atoms with E-state index in [1.807, 2.05) is 24.3 Å². The number of rotatable bonds is 7. The molecule has 0 unspecified atom stereocenters. The van der Waals surface area contributed by atoms with Gasteiger partial charge in [-0.2, -0.15) is 0 Å². The SMILES string of the molecule is O=C(CCC1CCCCC1)Nc1ccccc1C(=O)NCc1ccc2c(c1)OCO2. The minimum atomic E-state index is -0.226. The van der Waals surface area contributed by atoms with E-state index >= 15 is 0 Å². The van der Waals surface area contributed by atoms with E-state index in [1.165, 1.54) is 32.1 Å². The van der Waals surface area contributed by atoms with E-state index in [-0.39, 0.29) is 18.6 Å². The van der Waals surface area contributed by atoms with Gasteiger partial charge < -0.3 is 20.1 Å². The second-order valence-electron chi connectivity index (χ2n) is 8.01. The van der Waals surface area contributed by atoms with E-state index in [4.69, 9.17) is 9.47 Å². The molecule has 158 valence electrons. The molecule has 6 heteroatoms. The highest BCUT2D eigenvalue weighted by atomic mass is 16.7. The third-order valence-corrected chi connectivity index (χ3v) is 5.84. The molecule has 6 nitrogen and oxygen atoms in total. The van der Waals surface area contributed by atoms with Crippen LogP contribution in [0.1, 0.15) is 60.9 Å². The molecular formula is C24H28N2O4. The van der Waals surface area contributed by atoms with Gasteiger partial charge in [-0.3, -0.25) is 9.59 Å². The summed E-state index contributed by atoms with van der Waals surface area (Å²) in [5.41, 5.74) is 1.93. The fourth-order valence-electron chi connectivity index (χ4n) is 4.14. The van der Waals surface area contributed by atoms with Gasteiger partial charge in [-0.25, -0.2) is 0 Å². The first kappa shape index (κ1) is 20.3. The van der Waals surface area contributed by atoms with Gasteiger partial charge in [0.1, 0.15) is 0 Å². The number of amides is 2. The van der Waals surface area contributed by atoms with E-state index in [1.54, 1.807) is 18.2 Å². The van der Waals surface area contributed by atoms with Crippen LogP contribution >= 0.6 is 0 Å². The van der Waals surface area contributed by atoms with Gasteiger partial charge in [-0.05, 0) is 42.2 Å². The molecule has 1 aliphatic carbocycles. The zero-order chi connectivity index (χ0) is 20.8. The van der Waals surface area contributed by atoms with Crippen molar-refractivity contribution in [2.45, 2.75) is 51.5 Å². The molecule has 1 heterocycles. The first-order chi connectivity index (χ1) is 14.7. The van der Waals surface area contributed by atoms with Gasteiger partial charge in [0.2, 0.25) is 12.7 Å². The molecular weight excluding hydrogens is 380 g/mol. The first-order valence-electron chi connectivity index (χ1n) is 10.7. The molecule has 4 rings (SSSR count). The van der Waals surface area contributed by atoms with Gasteiger partial charge in [0.25, 0.3) is 5.91 Å². The predicted molar refractivity (Wildman–Crippen MR) is 115 cm³/mol. The van der Waals surface area contributed by atoms with Crippen LogP contribution in [0.4, 0.5) is 5.69 Å². The van der Waals surface area contributed by atoms with E-state index in [0.29, 0.717) is 41.6 Å².